The van der Waals surface area contributed by atoms with Crippen LogP contribution in [0, 0.1) is 11.3 Å². The number of sulfonamides is 1. The van der Waals surface area contributed by atoms with Gasteiger partial charge in [0.1, 0.15) is 0 Å². The number of nitriles is 1. The molecule has 0 amide bonds. The van der Waals surface area contributed by atoms with E-state index in [0.29, 0.717) is 13.1 Å². The second-order valence-corrected chi connectivity index (χ2v) is 5.46. The maximum atomic E-state index is 11.5. The lowest BCUT2D eigenvalue weighted by Gasteiger charge is -2.33. The summed E-state index contributed by atoms with van der Waals surface area (Å²) in [5.41, 5.74) is 0. The summed E-state index contributed by atoms with van der Waals surface area (Å²) in [4.78, 5) is 0. The van der Waals surface area contributed by atoms with E-state index in [-0.39, 0.29) is 12.2 Å². The van der Waals surface area contributed by atoms with Crippen molar-refractivity contribution < 1.29 is 13.2 Å². The molecule has 0 aromatic rings. The van der Waals surface area contributed by atoms with Crippen LogP contribution in [-0.2, 0) is 14.8 Å². The SMILES string of the molecule is C[C@@H]1CN(S(=O)(=O)CC#N)C[C@H](C)O1. The molecule has 0 saturated carbocycles. The van der Waals surface area contributed by atoms with Crippen LogP contribution in [0.4, 0.5) is 0 Å². The Balaban J connectivity index is 2.74. The molecule has 1 aliphatic rings. The zero-order chi connectivity index (χ0) is 10.8. The fourth-order valence-corrected chi connectivity index (χ4v) is 2.75. The summed E-state index contributed by atoms with van der Waals surface area (Å²) in [6.45, 7) is 4.33. The van der Waals surface area contributed by atoms with E-state index < -0.39 is 15.8 Å². The van der Waals surface area contributed by atoms with Crippen molar-refractivity contribution in [3.8, 4) is 6.07 Å². The molecule has 0 aromatic carbocycles. The Kier molecular flexibility index (Phi) is 3.48. The maximum absolute atomic E-state index is 11.5. The van der Waals surface area contributed by atoms with Crippen LogP contribution in [0.2, 0.25) is 0 Å². The molecule has 1 fully saturated rings. The number of ether oxygens (including phenoxy) is 1. The molecule has 1 saturated heterocycles. The predicted molar refractivity (Wildman–Crippen MR) is 51.0 cm³/mol. The highest BCUT2D eigenvalue weighted by atomic mass is 32.2. The summed E-state index contributed by atoms with van der Waals surface area (Å²) in [6.07, 6.45) is -0.209. The third-order valence-corrected chi connectivity index (χ3v) is 3.61. The van der Waals surface area contributed by atoms with Crippen molar-refractivity contribution in [1.29, 1.82) is 5.26 Å². The van der Waals surface area contributed by atoms with E-state index in [2.05, 4.69) is 0 Å². The largest absolute Gasteiger partial charge is 0.373 e. The minimum absolute atomic E-state index is 0.104. The first kappa shape index (κ1) is 11.4. The van der Waals surface area contributed by atoms with Crippen LogP contribution in [-0.4, -0.2) is 43.8 Å². The van der Waals surface area contributed by atoms with Crippen LogP contribution in [0.5, 0.6) is 0 Å². The van der Waals surface area contributed by atoms with Gasteiger partial charge in [-0.05, 0) is 13.8 Å². The number of nitrogens with zero attached hydrogens (tertiary/aromatic N) is 2. The van der Waals surface area contributed by atoms with E-state index in [1.54, 1.807) is 6.07 Å². The Morgan fingerprint density at radius 3 is 2.36 bits per heavy atom. The minimum Gasteiger partial charge on any atom is -0.373 e. The maximum Gasteiger partial charge on any atom is 0.227 e. The van der Waals surface area contributed by atoms with Gasteiger partial charge in [-0.2, -0.15) is 9.57 Å². The van der Waals surface area contributed by atoms with Gasteiger partial charge in [0.2, 0.25) is 10.0 Å². The lowest BCUT2D eigenvalue weighted by atomic mass is 10.3. The molecule has 1 aliphatic heterocycles. The molecule has 0 spiro atoms. The average molecular weight is 218 g/mol. The molecule has 0 aliphatic carbocycles. The highest BCUT2D eigenvalue weighted by Gasteiger charge is 2.30. The Morgan fingerprint density at radius 1 is 1.43 bits per heavy atom. The summed E-state index contributed by atoms with van der Waals surface area (Å²) in [6, 6.07) is 1.66. The number of hydrogen-bond donors (Lipinski definition) is 0. The molecule has 2 atom stereocenters. The van der Waals surface area contributed by atoms with Crippen molar-refractivity contribution >= 4 is 10.0 Å². The highest BCUT2D eigenvalue weighted by molar-refractivity contribution is 7.89. The van der Waals surface area contributed by atoms with Crippen molar-refractivity contribution in [1.82, 2.24) is 4.31 Å². The van der Waals surface area contributed by atoms with E-state index >= 15 is 0 Å². The second kappa shape index (κ2) is 4.26. The minimum atomic E-state index is -3.41. The van der Waals surface area contributed by atoms with Gasteiger partial charge in [-0.1, -0.05) is 0 Å². The predicted octanol–water partition coefficient (Wildman–Crippen LogP) is -0.0510. The first-order valence-electron chi connectivity index (χ1n) is 4.46. The lowest BCUT2D eigenvalue weighted by Crippen LogP contribution is -2.48. The monoisotopic (exact) mass is 218 g/mol. The molecule has 0 aromatic heterocycles. The molecule has 80 valence electrons. The summed E-state index contributed by atoms with van der Waals surface area (Å²) in [5.74, 6) is -0.452. The first-order chi connectivity index (χ1) is 6.45. The van der Waals surface area contributed by atoms with Gasteiger partial charge in [0.05, 0.1) is 18.3 Å². The highest BCUT2D eigenvalue weighted by Crippen LogP contribution is 2.14. The Hall–Kier alpha value is -0.640. The van der Waals surface area contributed by atoms with Gasteiger partial charge in [0, 0.05) is 13.1 Å². The summed E-state index contributed by atoms with van der Waals surface area (Å²) in [7, 11) is -3.41. The van der Waals surface area contributed by atoms with Gasteiger partial charge < -0.3 is 4.74 Å². The summed E-state index contributed by atoms with van der Waals surface area (Å²) >= 11 is 0. The number of rotatable bonds is 2. The van der Waals surface area contributed by atoms with E-state index in [0.717, 1.165) is 0 Å². The van der Waals surface area contributed by atoms with Crippen LogP contribution in [0.25, 0.3) is 0 Å². The molecule has 0 unspecified atom stereocenters. The van der Waals surface area contributed by atoms with Crippen LogP contribution in [0.1, 0.15) is 13.8 Å². The second-order valence-electron chi connectivity index (χ2n) is 3.49. The quantitative estimate of drug-likeness (QED) is 0.651. The smallest absolute Gasteiger partial charge is 0.227 e. The van der Waals surface area contributed by atoms with Gasteiger partial charge in [-0.15, -0.1) is 0 Å². The standard InChI is InChI=1S/C8H14N2O3S/c1-7-5-10(6-8(2)13-7)14(11,12)4-3-9/h7-8H,4-6H2,1-2H3/t7-,8+. The fraction of sp³-hybridized carbons (Fsp3) is 0.875. The van der Waals surface area contributed by atoms with Gasteiger partial charge in [-0.3, -0.25) is 0 Å². The number of morpholine rings is 1. The normalized spacial score (nSPS) is 29.8. The third kappa shape index (κ3) is 2.67. The van der Waals surface area contributed by atoms with Crippen LogP contribution < -0.4 is 0 Å². The fourth-order valence-electron chi connectivity index (χ4n) is 1.53. The topological polar surface area (TPSA) is 70.4 Å². The van der Waals surface area contributed by atoms with Gasteiger partial charge >= 0.3 is 0 Å². The molecule has 6 heteroatoms. The van der Waals surface area contributed by atoms with E-state index in [4.69, 9.17) is 10.00 Å². The molecule has 0 radical (unpaired) electrons. The molecule has 0 bridgehead atoms. The van der Waals surface area contributed by atoms with Crippen LogP contribution >= 0.6 is 0 Å². The van der Waals surface area contributed by atoms with Crippen molar-refractivity contribution in [2.45, 2.75) is 26.1 Å². The molecule has 0 N–H and O–H groups in total. The van der Waals surface area contributed by atoms with Crippen molar-refractivity contribution in [2.24, 2.45) is 0 Å². The average Bonchev–Trinajstić information content (AvgIpc) is 2.02. The molecule has 14 heavy (non-hydrogen) atoms. The van der Waals surface area contributed by atoms with Gasteiger partial charge in [0.15, 0.2) is 5.75 Å². The molecule has 5 nitrogen and oxygen atoms in total. The van der Waals surface area contributed by atoms with Gasteiger partial charge in [0.25, 0.3) is 0 Å². The Bertz CT molecular complexity index is 323. The zero-order valence-corrected chi connectivity index (χ0v) is 9.12. The summed E-state index contributed by atoms with van der Waals surface area (Å²) in [5, 5.41) is 8.38. The van der Waals surface area contributed by atoms with E-state index in [9.17, 15) is 8.42 Å². The van der Waals surface area contributed by atoms with E-state index in [1.165, 1.54) is 4.31 Å². The molecular formula is C8H14N2O3S. The van der Waals surface area contributed by atoms with Gasteiger partial charge in [-0.25, -0.2) is 8.42 Å². The van der Waals surface area contributed by atoms with Crippen molar-refractivity contribution in [3.05, 3.63) is 0 Å². The van der Waals surface area contributed by atoms with Crippen molar-refractivity contribution in [3.63, 3.8) is 0 Å². The lowest BCUT2D eigenvalue weighted by molar-refractivity contribution is -0.0440. The zero-order valence-electron chi connectivity index (χ0n) is 8.30. The molecule has 1 rings (SSSR count). The van der Waals surface area contributed by atoms with Crippen LogP contribution in [0.3, 0.4) is 0 Å². The van der Waals surface area contributed by atoms with Crippen molar-refractivity contribution in [2.75, 3.05) is 18.8 Å². The van der Waals surface area contributed by atoms with E-state index in [1.807, 2.05) is 13.8 Å². The molecular weight excluding hydrogens is 204 g/mol. The Morgan fingerprint density at radius 2 is 1.93 bits per heavy atom. The third-order valence-electron chi connectivity index (χ3n) is 2.03. The summed E-state index contributed by atoms with van der Waals surface area (Å²) < 4.78 is 29.8. The first-order valence-corrected chi connectivity index (χ1v) is 6.07. The molecule has 1 heterocycles. The Labute approximate surface area is 84.3 Å². The number of hydrogen-bond acceptors (Lipinski definition) is 4. The van der Waals surface area contributed by atoms with Crippen LogP contribution in [0.15, 0.2) is 0 Å².